The number of halogens is 3. The number of nitrogens with two attached hydrogens (primary N) is 1. The van der Waals surface area contributed by atoms with Crippen LogP contribution >= 0.6 is 11.6 Å². The van der Waals surface area contributed by atoms with E-state index in [1.807, 2.05) is 12.1 Å². The highest BCUT2D eigenvalue weighted by molar-refractivity contribution is 6.30. The van der Waals surface area contributed by atoms with Crippen LogP contribution in [0.2, 0.25) is 5.02 Å². The molecule has 0 aliphatic carbocycles. The van der Waals surface area contributed by atoms with E-state index in [-0.39, 0.29) is 23.1 Å². The number of aromatic nitrogens is 1. The van der Waals surface area contributed by atoms with Gasteiger partial charge in [-0.2, -0.15) is 0 Å². The molecule has 0 aliphatic rings. The van der Waals surface area contributed by atoms with Crippen molar-refractivity contribution in [1.82, 2.24) is 4.98 Å². The van der Waals surface area contributed by atoms with Gasteiger partial charge in [0, 0.05) is 12.2 Å². The fraction of sp³-hybridized carbons (Fsp3) is 0.143. The van der Waals surface area contributed by atoms with E-state index in [1.165, 1.54) is 18.3 Å². The first-order valence-electron chi connectivity index (χ1n) is 8.67. The lowest BCUT2D eigenvalue weighted by molar-refractivity contribution is -0.137. The van der Waals surface area contributed by atoms with Gasteiger partial charge in [0.1, 0.15) is 0 Å². The molecule has 3 rings (SSSR count). The van der Waals surface area contributed by atoms with Gasteiger partial charge in [-0.15, -0.1) is 0 Å². The van der Waals surface area contributed by atoms with Crippen molar-refractivity contribution >= 4 is 17.6 Å². The van der Waals surface area contributed by atoms with Crippen LogP contribution in [0.4, 0.5) is 8.78 Å². The molecule has 1 atom stereocenters. The van der Waals surface area contributed by atoms with Crippen LogP contribution in [0.1, 0.15) is 12.0 Å². The highest BCUT2D eigenvalue weighted by Gasteiger charge is 2.13. The summed E-state index contributed by atoms with van der Waals surface area (Å²) in [5.41, 5.74) is 7.97. The Balaban J connectivity index is 1.79. The molecule has 5 nitrogen and oxygen atoms in total. The van der Waals surface area contributed by atoms with E-state index >= 15 is 0 Å². The molecule has 3 aromatic rings. The Morgan fingerprint density at radius 3 is 2.59 bits per heavy atom. The number of aliphatic carboxylic acids is 1. The molecule has 0 bridgehead atoms. The highest BCUT2D eigenvalue weighted by Crippen LogP contribution is 2.30. The van der Waals surface area contributed by atoms with Crippen molar-refractivity contribution in [3.8, 4) is 22.8 Å². The van der Waals surface area contributed by atoms with E-state index in [0.29, 0.717) is 12.0 Å². The highest BCUT2D eigenvalue weighted by atomic mass is 35.5. The quantitative estimate of drug-likeness (QED) is 0.574. The van der Waals surface area contributed by atoms with Gasteiger partial charge in [0.05, 0.1) is 11.4 Å². The summed E-state index contributed by atoms with van der Waals surface area (Å²) in [5.74, 6) is -3.01. The first-order valence-corrected chi connectivity index (χ1v) is 9.05. The summed E-state index contributed by atoms with van der Waals surface area (Å²) in [6, 6.07) is 12.0. The lowest BCUT2D eigenvalue weighted by Gasteiger charge is -2.11. The zero-order valence-electron chi connectivity index (χ0n) is 15.1. The SMILES string of the molecule is N[C@@H](CC(=O)O)Cc1cccc(-c2ccc(Oc3ncc(Cl)cc3F)c(F)c2)c1. The summed E-state index contributed by atoms with van der Waals surface area (Å²) in [6.45, 7) is 0. The third-order valence-electron chi connectivity index (χ3n) is 4.11. The minimum atomic E-state index is -0.960. The van der Waals surface area contributed by atoms with Crippen LogP contribution in [-0.2, 0) is 11.2 Å². The second-order valence-electron chi connectivity index (χ2n) is 6.45. The minimum absolute atomic E-state index is 0.105. The van der Waals surface area contributed by atoms with Crippen LogP contribution in [0.25, 0.3) is 11.1 Å². The number of pyridine rings is 1. The van der Waals surface area contributed by atoms with E-state index < -0.39 is 23.6 Å². The first-order chi connectivity index (χ1) is 13.8. The van der Waals surface area contributed by atoms with E-state index in [4.69, 9.17) is 27.2 Å². The van der Waals surface area contributed by atoms with E-state index in [2.05, 4.69) is 4.98 Å². The number of benzene rings is 2. The molecule has 150 valence electrons. The van der Waals surface area contributed by atoms with Crippen molar-refractivity contribution in [2.45, 2.75) is 18.9 Å². The lowest BCUT2D eigenvalue weighted by atomic mass is 9.98. The van der Waals surface area contributed by atoms with Gasteiger partial charge >= 0.3 is 5.97 Å². The maximum absolute atomic E-state index is 14.5. The van der Waals surface area contributed by atoms with Crippen molar-refractivity contribution in [2.24, 2.45) is 5.73 Å². The Morgan fingerprint density at radius 2 is 1.90 bits per heavy atom. The van der Waals surface area contributed by atoms with Crippen molar-refractivity contribution in [3.63, 3.8) is 0 Å². The van der Waals surface area contributed by atoms with Gasteiger partial charge in [-0.25, -0.2) is 13.8 Å². The van der Waals surface area contributed by atoms with Crippen LogP contribution in [0.3, 0.4) is 0 Å². The number of carboxylic acids is 1. The largest absolute Gasteiger partial charge is 0.481 e. The van der Waals surface area contributed by atoms with Gasteiger partial charge in [-0.3, -0.25) is 4.79 Å². The molecule has 0 fully saturated rings. The monoisotopic (exact) mass is 418 g/mol. The average molecular weight is 419 g/mol. The number of rotatable bonds is 7. The summed E-state index contributed by atoms with van der Waals surface area (Å²) >= 11 is 5.64. The average Bonchev–Trinajstić information content (AvgIpc) is 2.65. The fourth-order valence-electron chi connectivity index (χ4n) is 2.82. The van der Waals surface area contributed by atoms with Crippen LogP contribution in [0.15, 0.2) is 54.7 Å². The van der Waals surface area contributed by atoms with Crippen molar-refractivity contribution in [3.05, 3.63) is 76.9 Å². The zero-order valence-corrected chi connectivity index (χ0v) is 15.9. The van der Waals surface area contributed by atoms with Gasteiger partial charge in [0.25, 0.3) is 5.88 Å². The van der Waals surface area contributed by atoms with Gasteiger partial charge in [-0.05, 0) is 41.3 Å². The maximum Gasteiger partial charge on any atom is 0.304 e. The standard InChI is InChI=1S/C21H17ClF2N2O3/c22-15-9-18(24)21(26-11-15)29-19-5-4-14(8-17(19)23)13-3-1-2-12(6-13)7-16(25)10-20(27)28/h1-6,8-9,11,16H,7,10,25H2,(H,27,28)/t16-/m1/s1. The van der Waals surface area contributed by atoms with Crippen LogP contribution in [0.5, 0.6) is 11.6 Å². The van der Waals surface area contributed by atoms with Gasteiger partial charge in [-0.1, -0.05) is 41.9 Å². The van der Waals surface area contributed by atoms with E-state index in [0.717, 1.165) is 17.2 Å². The smallest absolute Gasteiger partial charge is 0.304 e. The summed E-state index contributed by atoms with van der Waals surface area (Å²) in [5, 5.41) is 8.92. The summed E-state index contributed by atoms with van der Waals surface area (Å²) < 4.78 is 33.5. The fourth-order valence-corrected chi connectivity index (χ4v) is 2.97. The summed E-state index contributed by atoms with van der Waals surface area (Å²) in [6.07, 6.45) is 1.44. The summed E-state index contributed by atoms with van der Waals surface area (Å²) in [4.78, 5) is 14.5. The zero-order chi connectivity index (χ0) is 21.0. The van der Waals surface area contributed by atoms with E-state index in [1.54, 1.807) is 18.2 Å². The van der Waals surface area contributed by atoms with Crippen LogP contribution < -0.4 is 10.5 Å². The number of hydrogen-bond donors (Lipinski definition) is 2. The molecule has 0 aliphatic heterocycles. The Labute approximate surface area is 170 Å². The predicted molar refractivity (Wildman–Crippen MR) is 105 cm³/mol. The van der Waals surface area contributed by atoms with Crippen LogP contribution in [0, 0.1) is 11.6 Å². The van der Waals surface area contributed by atoms with Gasteiger partial charge in [0.15, 0.2) is 17.4 Å². The third-order valence-corrected chi connectivity index (χ3v) is 4.31. The van der Waals surface area contributed by atoms with Crippen molar-refractivity contribution < 1.29 is 23.4 Å². The molecule has 3 N–H and O–H groups in total. The first kappa shape index (κ1) is 20.7. The molecule has 0 amide bonds. The second-order valence-corrected chi connectivity index (χ2v) is 6.89. The second kappa shape index (κ2) is 8.98. The minimum Gasteiger partial charge on any atom is -0.481 e. The molecule has 1 aromatic heterocycles. The van der Waals surface area contributed by atoms with E-state index in [9.17, 15) is 13.6 Å². The number of carbonyl (C=O) groups is 1. The van der Waals surface area contributed by atoms with Crippen molar-refractivity contribution in [1.29, 1.82) is 0 Å². The van der Waals surface area contributed by atoms with Crippen LogP contribution in [-0.4, -0.2) is 22.1 Å². The van der Waals surface area contributed by atoms with Crippen molar-refractivity contribution in [2.75, 3.05) is 0 Å². The number of carboxylic acid groups (broad SMARTS) is 1. The molecule has 0 saturated heterocycles. The summed E-state index contributed by atoms with van der Waals surface area (Å²) in [7, 11) is 0. The Kier molecular flexibility index (Phi) is 6.41. The number of hydrogen-bond acceptors (Lipinski definition) is 4. The molecular formula is C21H17ClF2N2O3. The molecule has 0 spiro atoms. The van der Waals surface area contributed by atoms with Gasteiger partial charge in [0.2, 0.25) is 0 Å². The predicted octanol–water partition coefficient (Wildman–Crippen LogP) is 4.82. The number of ether oxygens (including phenoxy) is 1. The lowest BCUT2D eigenvalue weighted by Crippen LogP contribution is -2.26. The molecule has 8 heteroatoms. The Morgan fingerprint density at radius 1 is 1.14 bits per heavy atom. The maximum atomic E-state index is 14.5. The molecule has 0 radical (unpaired) electrons. The molecule has 2 aromatic carbocycles. The molecular weight excluding hydrogens is 402 g/mol. The Hall–Kier alpha value is -3.03. The third kappa shape index (κ3) is 5.49. The molecule has 0 saturated carbocycles. The molecule has 1 heterocycles. The Bertz CT molecular complexity index is 1050. The molecule has 0 unspecified atom stereocenters. The number of nitrogens with zero attached hydrogens (tertiary/aromatic N) is 1. The topological polar surface area (TPSA) is 85.4 Å². The molecule has 29 heavy (non-hydrogen) atoms. The van der Waals surface area contributed by atoms with Gasteiger partial charge < -0.3 is 15.6 Å². The normalized spacial score (nSPS) is 11.9.